The molecule has 2 aliphatic heterocycles. The number of rotatable bonds is 2. The molecule has 0 N–H and O–H groups in total. The van der Waals surface area contributed by atoms with Crippen molar-refractivity contribution < 1.29 is 22.7 Å². The quantitative estimate of drug-likeness (QED) is 0.765. The molecule has 1 fully saturated rings. The van der Waals surface area contributed by atoms with E-state index in [-0.39, 0.29) is 18.4 Å². The number of hydrogen-bond donors (Lipinski definition) is 0. The maximum Gasteiger partial charge on any atom is 0.417 e. The molecule has 136 valence electrons. The first-order valence-electron chi connectivity index (χ1n) is 8.28. The lowest BCUT2D eigenvalue weighted by Gasteiger charge is -2.38. The molecule has 1 aromatic heterocycles. The zero-order valence-electron chi connectivity index (χ0n) is 14.3. The number of aromatic nitrogens is 1. The Morgan fingerprint density at radius 3 is 2.72 bits per heavy atom. The van der Waals surface area contributed by atoms with E-state index in [0.29, 0.717) is 37.3 Å². The molecule has 7 heteroatoms. The molecule has 3 heterocycles. The van der Waals surface area contributed by atoms with Crippen LogP contribution in [0.2, 0.25) is 0 Å². The van der Waals surface area contributed by atoms with E-state index < -0.39 is 17.3 Å². The Hall–Kier alpha value is -1.89. The summed E-state index contributed by atoms with van der Waals surface area (Å²) in [6.07, 6.45) is -2.70. The Kier molecular flexibility index (Phi) is 4.39. The molecule has 0 aliphatic carbocycles. The highest BCUT2D eigenvalue weighted by Gasteiger charge is 2.49. The highest BCUT2D eigenvalue weighted by Crippen LogP contribution is 2.38. The summed E-state index contributed by atoms with van der Waals surface area (Å²) in [4.78, 5) is 18.6. The fourth-order valence-corrected chi connectivity index (χ4v) is 3.48. The third kappa shape index (κ3) is 3.17. The molecular formula is C18H21F3N2O2. The number of ether oxygens (including phenoxy) is 1. The number of carbonyl (C=O) groups is 1. The summed E-state index contributed by atoms with van der Waals surface area (Å²) in [5.74, 6) is -0.232. The first-order chi connectivity index (χ1) is 11.6. The number of amides is 1. The summed E-state index contributed by atoms with van der Waals surface area (Å²) in [7, 11) is 0. The smallest absolute Gasteiger partial charge is 0.360 e. The minimum absolute atomic E-state index is 0.0553. The molecule has 2 aliphatic rings. The van der Waals surface area contributed by atoms with Crippen LogP contribution in [-0.4, -0.2) is 34.5 Å². The minimum Gasteiger partial charge on any atom is -0.360 e. The van der Waals surface area contributed by atoms with Crippen LogP contribution in [0.4, 0.5) is 13.2 Å². The van der Waals surface area contributed by atoms with Gasteiger partial charge in [0, 0.05) is 37.8 Å². The van der Waals surface area contributed by atoms with Crippen molar-refractivity contribution in [3.05, 3.63) is 41.2 Å². The molecule has 0 aromatic carbocycles. The van der Waals surface area contributed by atoms with Crippen molar-refractivity contribution in [2.75, 3.05) is 13.2 Å². The SMILES string of the molecule is C=C1COC(C(=O)N2CCc3ncc(C(F)(F)F)cc3C2)(C(C)C)C1. The molecule has 0 saturated carbocycles. The van der Waals surface area contributed by atoms with Gasteiger partial charge >= 0.3 is 6.18 Å². The van der Waals surface area contributed by atoms with Crippen LogP contribution in [0, 0.1) is 5.92 Å². The molecule has 1 saturated heterocycles. The molecule has 1 atom stereocenters. The number of carbonyl (C=O) groups excluding carboxylic acids is 1. The van der Waals surface area contributed by atoms with Gasteiger partial charge in [0.1, 0.15) is 0 Å². The Balaban J connectivity index is 1.86. The van der Waals surface area contributed by atoms with Crippen molar-refractivity contribution in [2.45, 2.75) is 45.0 Å². The summed E-state index contributed by atoms with van der Waals surface area (Å²) in [6.45, 7) is 8.62. The Bertz CT molecular complexity index is 715. The molecule has 0 bridgehead atoms. The van der Waals surface area contributed by atoms with E-state index in [4.69, 9.17) is 4.74 Å². The molecule has 1 aromatic rings. The lowest BCUT2D eigenvalue weighted by Crippen LogP contribution is -2.53. The van der Waals surface area contributed by atoms with Gasteiger partial charge in [-0.05, 0) is 23.1 Å². The van der Waals surface area contributed by atoms with E-state index in [0.717, 1.165) is 17.8 Å². The summed E-state index contributed by atoms with van der Waals surface area (Å²) in [5, 5.41) is 0. The van der Waals surface area contributed by atoms with Gasteiger partial charge < -0.3 is 9.64 Å². The monoisotopic (exact) mass is 354 g/mol. The molecule has 1 unspecified atom stereocenters. The van der Waals surface area contributed by atoms with Crippen LogP contribution >= 0.6 is 0 Å². The van der Waals surface area contributed by atoms with Crippen molar-refractivity contribution >= 4 is 5.91 Å². The number of alkyl halides is 3. The van der Waals surface area contributed by atoms with Gasteiger partial charge in [0.2, 0.25) is 0 Å². The Morgan fingerprint density at radius 1 is 1.44 bits per heavy atom. The number of nitrogens with zero attached hydrogens (tertiary/aromatic N) is 2. The molecule has 0 spiro atoms. The predicted molar refractivity (Wildman–Crippen MR) is 85.6 cm³/mol. The lowest BCUT2D eigenvalue weighted by atomic mass is 9.84. The number of hydrogen-bond acceptors (Lipinski definition) is 3. The minimum atomic E-state index is -4.44. The second-order valence-electron chi connectivity index (χ2n) is 7.06. The van der Waals surface area contributed by atoms with Crippen LogP contribution in [0.1, 0.15) is 37.1 Å². The van der Waals surface area contributed by atoms with Crippen molar-refractivity contribution in [1.29, 1.82) is 0 Å². The van der Waals surface area contributed by atoms with Gasteiger partial charge in [0.25, 0.3) is 5.91 Å². The fraction of sp³-hybridized carbons (Fsp3) is 0.556. The van der Waals surface area contributed by atoms with Crippen molar-refractivity contribution in [2.24, 2.45) is 5.92 Å². The lowest BCUT2D eigenvalue weighted by molar-refractivity contribution is -0.159. The van der Waals surface area contributed by atoms with Crippen LogP contribution in [0.15, 0.2) is 24.4 Å². The second kappa shape index (κ2) is 6.12. The molecular weight excluding hydrogens is 333 g/mol. The maximum atomic E-state index is 13.1. The van der Waals surface area contributed by atoms with Crippen LogP contribution in [0.25, 0.3) is 0 Å². The van der Waals surface area contributed by atoms with E-state index in [1.807, 2.05) is 13.8 Å². The number of halogens is 3. The highest BCUT2D eigenvalue weighted by atomic mass is 19.4. The largest absolute Gasteiger partial charge is 0.417 e. The topological polar surface area (TPSA) is 42.4 Å². The van der Waals surface area contributed by atoms with Crippen LogP contribution in [0.5, 0.6) is 0 Å². The van der Waals surface area contributed by atoms with Crippen LogP contribution in [-0.2, 0) is 28.7 Å². The van der Waals surface area contributed by atoms with Crippen molar-refractivity contribution in [3.63, 3.8) is 0 Å². The Morgan fingerprint density at radius 2 is 2.16 bits per heavy atom. The molecule has 0 radical (unpaired) electrons. The summed E-state index contributed by atoms with van der Waals surface area (Å²) in [5.41, 5.74) is 0.173. The number of pyridine rings is 1. The fourth-order valence-electron chi connectivity index (χ4n) is 3.48. The molecule has 25 heavy (non-hydrogen) atoms. The summed E-state index contributed by atoms with van der Waals surface area (Å²) >= 11 is 0. The van der Waals surface area contributed by atoms with E-state index in [2.05, 4.69) is 11.6 Å². The number of fused-ring (bicyclic) bond motifs is 1. The molecule has 4 nitrogen and oxygen atoms in total. The first kappa shape index (κ1) is 17.9. The van der Waals surface area contributed by atoms with E-state index >= 15 is 0 Å². The third-order valence-corrected chi connectivity index (χ3v) is 5.00. The maximum absolute atomic E-state index is 13.1. The van der Waals surface area contributed by atoms with Crippen molar-refractivity contribution in [1.82, 2.24) is 9.88 Å². The van der Waals surface area contributed by atoms with Gasteiger partial charge in [-0.3, -0.25) is 9.78 Å². The van der Waals surface area contributed by atoms with Crippen LogP contribution in [0.3, 0.4) is 0 Å². The summed E-state index contributed by atoms with van der Waals surface area (Å²) < 4.78 is 44.6. The van der Waals surface area contributed by atoms with Crippen molar-refractivity contribution in [3.8, 4) is 0 Å². The van der Waals surface area contributed by atoms with Gasteiger partial charge in [0.15, 0.2) is 5.60 Å². The highest BCUT2D eigenvalue weighted by molar-refractivity contribution is 5.86. The van der Waals surface area contributed by atoms with Crippen LogP contribution < -0.4 is 0 Å². The van der Waals surface area contributed by atoms with E-state index in [1.165, 1.54) is 0 Å². The predicted octanol–water partition coefficient (Wildman–Crippen LogP) is 3.36. The first-order valence-corrected chi connectivity index (χ1v) is 8.28. The van der Waals surface area contributed by atoms with Gasteiger partial charge in [-0.2, -0.15) is 13.2 Å². The normalized spacial score (nSPS) is 23.9. The zero-order valence-corrected chi connectivity index (χ0v) is 14.3. The average molecular weight is 354 g/mol. The molecule has 1 amide bonds. The van der Waals surface area contributed by atoms with E-state index in [1.54, 1.807) is 4.90 Å². The van der Waals surface area contributed by atoms with Gasteiger partial charge in [-0.1, -0.05) is 20.4 Å². The second-order valence-corrected chi connectivity index (χ2v) is 7.06. The third-order valence-electron chi connectivity index (χ3n) is 5.00. The standard InChI is InChI=1S/C18H21F3N2O2/c1-11(2)17(7-12(3)10-25-17)16(24)23-5-4-15-13(9-23)6-14(8-22-15)18(19,20)21/h6,8,11H,3-5,7,9-10H2,1-2H3. The zero-order chi connectivity index (χ0) is 18.4. The van der Waals surface area contributed by atoms with Gasteiger partial charge in [0.05, 0.1) is 12.2 Å². The molecule has 3 rings (SSSR count). The average Bonchev–Trinajstić information content (AvgIpc) is 2.95. The summed E-state index contributed by atoms with van der Waals surface area (Å²) in [6, 6.07) is 1.10. The van der Waals surface area contributed by atoms with Gasteiger partial charge in [-0.15, -0.1) is 0 Å². The Labute approximate surface area is 144 Å². The van der Waals surface area contributed by atoms with Gasteiger partial charge in [-0.25, -0.2) is 0 Å². The van der Waals surface area contributed by atoms with E-state index in [9.17, 15) is 18.0 Å².